The van der Waals surface area contributed by atoms with E-state index < -0.39 is 12.7 Å². The Kier molecular flexibility index (Phi) is 4.85. The van der Waals surface area contributed by atoms with Crippen molar-refractivity contribution in [1.29, 1.82) is 0 Å². The second-order valence-electron chi connectivity index (χ2n) is 4.99. The number of halogens is 3. The monoisotopic (exact) mass is 294 g/mol. The lowest BCUT2D eigenvalue weighted by molar-refractivity contribution is -0.148. The van der Waals surface area contributed by atoms with Gasteiger partial charge in [-0.1, -0.05) is 42.5 Å². The molecule has 0 fully saturated rings. The molecule has 2 N–H and O–H groups in total. The van der Waals surface area contributed by atoms with Crippen LogP contribution >= 0.6 is 0 Å². The van der Waals surface area contributed by atoms with Gasteiger partial charge in [0.05, 0.1) is 6.54 Å². The van der Waals surface area contributed by atoms with Crippen LogP contribution in [-0.2, 0) is 13.1 Å². The van der Waals surface area contributed by atoms with Gasteiger partial charge in [0, 0.05) is 18.8 Å². The van der Waals surface area contributed by atoms with Crippen molar-refractivity contribution in [1.82, 2.24) is 4.90 Å². The quantitative estimate of drug-likeness (QED) is 0.849. The Morgan fingerprint density at radius 1 is 0.810 bits per heavy atom. The van der Waals surface area contributed by atoms with Crippen molar-refractivity contribution in [3.8, 4) is 0 Å². The SMILES string of the molecule is Nc1ccc(CN(Cc2ccccc2)CC(F)(F)F)cc1. The normalized spacial score (nSPS) is 11.8. The Morgan fingerprint density at radius 2 is 1.33 bits per heavy atom. The van der Waals surface area contributed by atoms with Gasteiger partial charge in [0.1, 0.15) is 0 Å². The molecule has 0 aliphatic rings. The van der Waals surface area contributed by atoms with E-state index in [-0.39, 0.29) is 13.1 Å². The summed E-state index contributed by atoms with van der Waals surface area (Å²) in [5, 5.41) is 0. The Balaban J connectivity index is 2.10. The summed E-state index contributed by atoms with van der Waals surface area (Å²) in [6, 6.07) is 16.0. The van der Waals surface area contributed by atoms with Crippen molar-refractivity contribution in [2.24, 2.45) is 0 Å². The first kappa shape index (κ1) is 15.4. The van der Waals surface area contributed by atoms with Crippen molar-refractivity contribution in [3.63, 3.8) is 0 Å². The topological polar surface area (TPSA) is 29.3 Å². The molecule has 2 aromatic rings. The molecule has 2 nitrogen and oxygen atoms in total. The van der Waals surface area contributed by atoms with Gasteiger partial charge in [-0.3, -0.25) is 4.90 Å². The van der Waals surface area contributed by atoms with Crippen LogP contribution in [0.4, 0.5) is 18.9 Å². The molecule has 2 rings (SSSR count). The molecule has 0 amide bonds. The Labute approximate surface area is 122 Å². The molecule has 0 bridgehead atoms. The van der Waals surface area contributed by atoms with E-state index in [2.05, 4.69) is 0 Å². The van der Waals surface area contributed by atoms with Crippen molar-refractivity contribution in [3.05, 3.63) is 65.7 Å². The lowest BCUT2D eigenvalue weighted by atomic mass is 10.1. The minimum Gasteiger partial charge on any atom is -0.399 e. The van der Waals surface area contributed by atoms with Crippen LogP contribution < -0.4 is 5.73 Å². The van der Waals surface area contributed by atoms with Gasteiger partial charge in [-0.15, -0.1) is 0 Å². The van der Waals surface area contributed by atoms with Crippen LogP contribution in [0.5, 0.6) is 0 Å². The Bertz CT molecular complexity index is 550. The number of nitrogens with two attached hydrogens (primary N) is 1. The molecule has 2 aromatic carbocycles. The molecule has 0 aliphatic heterocycles. The summed E-state index contributed by atoms with van der Waals surface area (Å²) in [7, 11) is 0. The highest BCUT2D eigenvalue weighted by Crippen LogP contribution is 2.20. The first-order chi connectivity index (χ1) is 9.92. The number of hydrogen-bond donors (Lipinski definition) is 1. The van der Waals surface area contributed by atoms with Crippen LogP contribution in [0.1, 0.15) is 11.1 Å². The average molecular weight is 294 g/mol. The van der Waals surface area contributed by atoms with E-state index in [9.17, 15) is 13.2 Å². The van der Waals surface area contributed by atoms with Crippen molar-refractivity contribution in [2.45, 2.75) is 19.3 Å². The fourth-order valence-corrected chi connectivity index (χ4v) is 2.14. The molecular formula is C16H17F3N2. The van der Waals surface area contributed by atoms with Crippen LogP contribution in [0, 0.1) is 0 Å². The molecule has 0 heterocycles. The number of alkyl halides is 3. The number of benzene rings is 2. The van der Waals surface area contributed by atoms with Gasteiger partial charge in [0.15, 0.2) is 0 Å². The zero-order valence-corrected chi connectivity index (χ0v) is 11.5. The highest BCUT2D eigenvalue weighted by molar-refractivity contribution is 5.39. The van der Waals surface area contributed by atoms with Gasteiger partial charge in [0.25, 0.3) is 0 Å². The van der Waals surface area contributed by atoms with Gasteiger partial charge in [-0.05, 0) is 23.3 Å². The van der Waals surface area contributed by atoms with Crippen molar-refractivity contribution in [2.75, 3.05) is 12.3 Å². The van der Waals surface area contributed by atoms with Crippen LogP contribution in [0.3, 0.4) is 0 Å². The third-order valence-electron chi connectivity index (χ3n) is 3.04. The molecule has 0 saturated heterocycles. The number of anilines is 1. The molecule has 0 atom stereocenters. The van der Waals surface area contributed by atoms with E-state index in [1.54, 1.807) is 24.3 Å². The van der Waals surface area contributed by atoms with Crippen LogP contribution in [-0.4, -0.2) is 17.6 Å². The van der Waals surface area contributed by atoms with E-state index >= 15 is 0 Å². The predicted octanol–water partition coefficient (Wildman–Crippen LogP) is 3.83. The van der Waals surface area contributed by atoms with E-state index in [4.69, 9.17) is 5.73 Å². The zero-order chi connectivity index (χ0) is 15.3. The summed E-state index contributed by atoms with van der Waals surface area (Å²) in [4.78, 5) is 1.38. The fourth-order valence-electron chi connectivity index (χ4n) is 2.14. The van der Waals surface area contributed by atoms with Gasteiger partial charge in [-0.2, -0.15) is 13.2 Å². The minimum atomic E-state index is -4.22. The first-order valence-corrected chi connectivity index (χ1v) is 6.60. The van der Waals surface area contributed by atoms with E-state index in [1.807, 2.05) is 30.3 Å². The molecule has 5 heteroatoms. The summed E-state index contributed by atoms with van der Waals surface area (Å²) in [5.41, 5.74) is 7.86. The standard InChI is InChI=1S/C16H17F3N2/c17-16(18,19)12-21(10-13-4-2-1-3-5-13)11-14-6-8-15(20)9-7-14/h1-9H,10-12,20H2. The molecule has 0 spiro atoms. The number of nitrogens with zero attached hydrogens (tertiary/aromatic N) is 1. The molecule has 21 heavy (non-hydrogen) atoms. The lowest BCUT2D eigenvalue weighted by Crippen LogP contribution is -2.33. The number of hydrogen-bond acceptors (Lipinski definition) is 2. The van der Waals surface area contributed by atoms with E-state index in [0.717, 1.165) is 11.1 Å². The van der Waals surface area contributed by atoms with Gasteiger partial charge >= 0.3 is 6.18 Å². The molecule has 0 radical (unpaired) electrons. The maximum Gasteiger partial charge on any atom is 0.401 e. The van der Waals surface area contributed by atoms with Gasteiger partial charge in [-0.25, -0.2) is 0 Å². The summed E-state index contributed by atoms with van der Waals surface area (Å²) >= 11 is 0. The molecule has 0 aliphatic carbocycles. The molecule has 112 valence electrons. The molecule has 0 unspecified atom stereocenters. The third-order valence-corrected chi connectivity index (χ3v) is 3.04. The van der Waals surface area contributed by atoms with Crippen LogP contribution in [0.15, 0.2) is 54.6 Å². The summed E-state index contributed by atoms with van der Waals surface area (Å²) < 4.78 is 38.1. The lowest BCUT2D eigenvalue weighted by Gasteiger charge is -2.24. The number of nitrogen functional groups attached to an aromatic ring is 1. The third kappa shape index (κ3) is 5.47. The van der Waals surface area contributed by atoms with E-state index in [1.165, 1.54) is 4.90 Å². The zero-order valence-electron chi connectivity index (χ0n) is 11.5. The van der Waals surface area contributed by atoms with Gasteiger partial charge < -0.3 is 5.73 Å². The van der Waals surface area contributed by atoms with Crippen molar-refractivity contribution >= 4 is 5.69 Å². The largest absolute Gasteiger partial charge is 0.401 e. The average Bonchev–Trinajstić information content (AvgIpc) is 2.41. The highest BCUT2D eigenvalue weighted by Gasteiger charge is 2.30. The van der Waals surface area contributed by atoms with Crippen molar-refractivity contribution < 1.29 is 13.2 Å². The van der Waals surface area contributed by atoms with Crippen LogP contribution in [0.2, 0.25) is 0 Å². The second kappa shape index (κ2) is 6.63. The van der Waals surface area contributed by atoms with Crippen LogP contribution in [0.25, 0.3) is 0 Å². The molecular weight excluding hydrogens is 277 g/mol. The number of rotatable bonds is 5. The maximum atomic E-state index is 12.7. The summed E-state index contributed by atoms with van der Waals surface area (Å²) in [5.74, 6) is 0. The summed E-state index contributed by atoms with van der Waals surface area (Å²) in [6.07, 6.45) is -4.22. The Morgan fingerprint density at radius 3 is 1.86 bits per heavy atom. The van der Waals surface area contributed by atoms with E-state index in [0.29, 0.717) is 5.69 Å². The molecule has 0 saturated carbocycles. The predicted molar refractivity (Wildman–Crippen MR) is 77.5 cm³/mol. The second-order valence-corrected chi connectivity index (χ2v) is 4.99. The fraction of sp³-hybridized carbons (Fsp3) is 0.250. The minimum absolute atomic E-state index is 0.231. The Hall–Kier alpha value is -2.01. The first-order valence-electron chi connectivity index (χ1n) is 6.60. The van der Waals surface area contributed by atoms with Gasteiger partial charge in [0.2, 0.25) is 0 Å². The highest BCUT2D eigenvalue weighted by atomic mass is 19.4. The smallest absolute Gasteiger partial charge is 0.399 e. The maximum absolute atomic E-state index is 12.7. The molecule has 0 aromatic heterocycles. The summed E-state index contributed by atoms with van der Waals surface area (Å²) in [6.45, 7) is -0.453.